The summed E-state index contributed by atoms with van der Waals surface area (Å²) in [5.41, 5.74) is 0.370. The van der Waals surface area contributed by atoms with Gasteiger partial charge >= 0.3 is 5.97 Å². The summed E-state index contributed by atoms with van der Waals surface area (Å²) >= 11 is 0. The molecule has 0 N–H and O–H groups in total. The third kappa shape index (κ3) is 2.04. The van der Waals surface area contributed by atoms with Crippen molar-refractivity contribution in [1.29, 1.82) is 0 Å². The summed E-state index contributed by atoms with van der Waals surface area (Å²) in [5, 5.41) is 0. The molecule has 0 amide bonds. The van der Waals surface area contributed by atoms with E-state index >= 15 is 0 Å². The Morgan fingerprint density at radius 1 is 1.82 bits per heavy atom. The first-order valence-corrected chi connectivity index (χ1v) is 3.34. The van der Waals surface area contributed by atoms with Crippen LogP contribution in [0, 0.1) is 6.20 Å². The van der Waals surface area contributed by atoms with Gasteiger partial charge in [0.1, 0.15) is 6.20 Å². The summed E-state index contributed by atoms with van der Waals surface area (Å²) in [7, 11) is 0. The Labute approximate surface area is 65.0 Å². The number of carbonyl (C=O) groups excluding carboxylic acids is 1. The Balaban J connectivity index is 2.69. The standard InChI is InChI=1S/C8H8NO2/c1-2-11-8(10)7-4-3-5-9-6-7/h3-5H,2H2,1H3. The van der Waals surface area contributed by atoms with Gasteiger partial charge in [-0.2, -0.15) is 0 Å². The van der Waals surface area contributed by atoms with Crippen LogP contribution in [0.3, 0.4) is 0 Å². The molecule has 0 aromatic carbocycles. The maximum atomic E-state index is 11.0. The second-order valence-electron chi connectivity index (χ2n) is 1.88. The van der Waals surface area contributed by atoms with Crippen molar-refractivity contribution in [2.75, 3.05) is 6.61 Å². The molecule has 1 aromatic rings. The maximum absolute atomic E-state index is 11.0. The van der Waals surface area contributed by atoms with Gasteiger partial charge < -0.3 is 4.74 Å². The molecule has 0 saturated heterocycles. The van der Waals surface area contributed by atoms with Crippen molar-refractivity contribution in [1.82, 2.24) is 4.98 Å². The number of rotatable bonds is 2. The summed E-state index contributed by atoms with van der Waals surface area (Å²) in [6, 6.07) is 3.29. The molecular weight excluding hydrogens is 142 g/mol. The lowest BCUT2D eigenvalue weighted by Gasteiger charge is -1.98. The highest BCUT2D eigenvalue weighted by Crippen LogP contribution is 1.96. The predicted molar refractivity (Wildman–Crippen MR) is 39.0 cm³/mol. The molecule has 3 nitrogen and oxygen atoms in total. The van der Waals surface area contributed by atoms with Gasteiger partial charge in [-0.3, -0.25) is 4.98 Å². The fourth-order valence-electron chi connectivity index (χ4n) is 0.649. The number of hydrogen-bond donors (Lipinski definition) is 0. The van der Waals surface area contributed by atoms with Crippen molar-refractivity contribution in [2.24, 2.45) is 0 Å². The van der Waals surface area contributed by atoms with E-state index in [4.69, 9.17) is 4.74 Å². The minimum atomic E-state index is -0.374. The number of esters is 1. The van der Waals surface area contributed by atoms with E-state index in [2.05, 4.69) is 11.2 Å². The van der Waals surface area contributed by atoms with E-state index in [1.165, 1.54) is 0 Å². The first kappa shape index (κ1) is 7.72. The van der Waals surface area contributed by atoms with Crippen LogP contribution in [0.25, 0.3) is 0 Å². The molecule has 3 heteroatoms. The largest absolute Gasteiger partial charge is 0.462 e. The Hall–Kier alpha value is -1.38. The van der Waals surface area contributed by atoms with E-state index in [0.29, 0.717) is 12.2 Å². The molecule has 0 spiro atoms. The SMILES string of the molecule is CCOC(=O)c1[c]nccc1. The summed E-state index contributed by atoms with van der Waals surface area (Å²) < 4.78 is 4.72. The van der Waals surface area contributed by atoms with Crippen LogP contribution < -0.4 is 0 Å². The zero-order valence-electron chi connectivity index (χ0n) is 6.20. The van der Waals surface area contributed by atoms with Gasteiger partial charge in [0.15, 0.2) is 0 Å². The van der Waals surface area contributed by atoms with E-state index in [1.54, 1.807) is 25.3 Å². The summed E-state index contributed by atoms with van der Waals surface area (Å²) in [6.07, 6.45) is 4.09. The first-order valence-electron chi connectivity index (χ1n) is 3.34. The van der Waals surface area contributed by atoms with E-state index < -0.39 is 0 Å². The predicted octanol–water partition coefficient (Wildman–Crippen LogP) is 1.06. The van der Waals surface area contributed by atoms with Gasteiger partial charge in [-0.05, 0) is 19.1 Å². The summed E-state index contributed by atoms with van der Waals surface area (Å²) in [6.45, 7) is 2.13. The molecule has 57 valence electrons. The lowest BCUT2D eigenvalue weighted by Crippen LogP contribution is -2.04. The van der Waals surface area contributed by atoms with E-state index in [1.807, 2.05) is 0 Å². The van der Waals surface area contributed by atoms with Crippen LogP contribution in [0.4, 0.5) is 0 Å². The van der Waals surface area contributed by atoms with Crippen LogP contribution >= 0.6 is 0 Å². The van der Waals surface area contributed by atoms with Crippen LogP contribution in [0.5, 0.6) is 0 Å². The lowest BCUT2D eigenvalue weighted by molar-refractivity contribution is 0.0525. The van der Waals surface area contributed by atoms with Crippen LogP contribution in [-0.2, 0) is 4.74 Å². The number of carbonyl (C=O) groups is 1. The molecule has 0 saturated carbocycles. The molecule has 0 aliphatic heterocycles. The molecule has 0 bridgehead atoms. The molecule has 1 aromatic heterocycles. The summed E-state index contributed by atoms with van der Waals surface area (Å²) in [5.74, 6) is -0.374. The quantitative estimate of drug-likeness (QED) is 0.592. The van der Waals surface area contributed by atoms with Gasteiger partial charge in [-0.15, -0.1) is 0 Å². The number of hydrogen-bond acceptors (Lipinski definition) is 3. The van der Waals surface area contributed by atoms with Crippen LogP contribution in [-0.4, -0.2) is 17.6 Å². The van der Waals surface area contributed by atoms with Crippen LogP contribution in [0.2, 0.25) is 0 Å². The fourth-order valence-corrected chi connectivity index (χ4v) is 0.649. The minimum absolute atomic E-state index is 0.370. The summed E-state index contributed by atoms with van der Waals surface area (Å²) in [4.78, 5) is 14.6. The molecule has 0 aliphatic carbocycles. The van der Waals surface area contributed by atoms with E-state index in [9.17, 15) is 4.79 Å². The molecule has 11 heavy (non-hydrogen) atoms. The molecule has 0 atom stereocenters. The third-order valence-electron chi connectivity index (χ3n) is 1.10. The van der Waals surface area contributed by atoms with Gasteiger partial charge in [0.2, 0.25) is 0 Å². The highest BCUT2D eigenvalue weighted by molar-refractivity contribution is 5.88. The topological polar surface area (TPSA) is 39.2 Å². The fraction of sp³-hybridized carbons (Fsp3) is 0.250. The Bertz CT molecular complexity index is 233. The molecule has 1 rings (SSSR count). The zero-order valence-corrected chi connectivity index (χ0v) is 6.20. The smallest absolute Gasteiger partial charge is 0.340 e. The average Bonchev–Trinajstić information content (AvgIpc) is 2.07. The number of pyridine rings is 1. The zero-order chi connectivity index (χ0) is 8.10. The normalized spacial score (nSPS) is 9.18. The molecule has 1 heterocycles. The Kier molecular flexibility index (Phi) is 2.60. The van der Waals surface area contributed by atoms with Gasteiger partial charge in [0, 0.05) is 6.20 Å². The van der Waals surface area contributed by atoms with Crippen molar-refractivity contribution in [3.63, 3.8) is 0 Å². The van der Waals surface area contributed by atoms with Crippen molar-refractivity contribution < 1.29 is 9.53 Å². The molecular formula is C8H8NO2. The molecule has 0 aliphatic rings. The highest BCUT2D eigenvalue weighted by atomic mass is 16.5. The average molecular weight is 150 g/mol. The highest BCUT2D eigenvalue weighted by Gasteiger charge is 2.04. The van der Waals surface area contributed by atoms with Crippen molar-refractivity contribution in [2.45, 2.75) is 6.92 Å². The minimum Gasteiger partial charge on any atom is -0.462 e. The second kappa shape index (κ2) is 3.71. The number of ether oxygens (including phenoxy) is 1. The third-order valence-corrected chi connectivity index (χ3v) is 1.10. The van der Waals surface area contributed by atoms with Crippen molar-refractivity contribution in [3.8, 4) is 0 Å². The van der Waals surface area contributed by atoms with E-state index in [-0.39, 0.29) is 5.97 Å². The van der Waals surface area contributed by atoms with E-state index in [0.717, 1.165) is 0 Å². The Morgan fingerprint density at radius 3 is 3.18 bits per heavy atom. The van der Waals surface area contributed by atoms with Gasteiger partial charge in [-0.25, -0.2) is 4.79 Å². The van der Waals surface area contributed by atoms with Gasteiger partial charge in [-0.1, -0.05) is 0 Å². The second-order valence-corrected chi connectivity index (χ2v) is 1.88. The lowest BCUT2D eigenvalue weighted by atomic mass is 10.3. The number of nitrogens with zero attached hydrogens (tertiary/aromatic N) is 1. The number of aromatic nitrogens is 1. The monoisotopic (exact) mass is 150 g/mol. The molecule has 1 radical (unpaired) electrons. The van der Waals surface area contributed by atoms with Crippen LogP contribution in [0.15, 0.2) is 18.3 Å². The Morgan fingerprint density at radius 2 is 2.64 bits per heavy atom. The van der Waals surface area contributed by atoms with Gasteiger partial charge in [0.05, 0.1) is 12.2 Å². The molecule has 0 fully saturated rings. The molecule has 0 unspecified atom stereocenters. The van der Waals surface area contributed by atoms with Gasteiger partial charge in [0.25, 0.3) is 0 Å². The van der Waals surface area contributed by atoms with Crippen molar-refractivity contribution in [3.05, 3.63) is 30.1 Å². The maximum Gasteiger partial charge on any atom is 0.340 e. The van der Waals surface area contributed by atoms with Crippen LogP contribution in [0.1, 0.15) is 17.3 Å². The van der Waals surface area contributed by atoms with Crippen molar-refractivity contribution >= 4 is 5.97 Å². The first-order chi connectivity index (χ1) is 5.34.